The van der Waals surface area contributed by atoms with Crippen LogP contribution in [0.5, 0.6) is 0 Å². The van der Waals surface area contributed by atoms with Crippen LogP contribution in [0.1, 0.15) is 16.7 Å². The molecule has 0 aliphatic heterocycles. The van der Waals surface area contributed by atoms with Crippen molar-refractivity contribution >= 4 is 49.7 Å². The largest absolute Gasteiger partial charge is 0.299 e. The summed E-state index contributed by atoms with van der Waals surface area (Å²) >= 11 is 7.13. The van der Waals surface area contributed by atoms with Gasteiger partial charge in [0.25, 0.3) is 10.0 Å². The second-order valence-electron chi connectivity index (χ2n) is 8.14. The summed E-state index contributed by atoms with van der Waals surface area (Å²) in [6.45, 7) is 5.22. The van der Waals surface area contributed by atoms with Gasteiger partial charge < -0.3 is 0 Å². The molecule has 0 unspecified atom stereocenters. The smallest absolute Gasteiger partial charge is 0.264 e. The molecule has 0 radical (unpaired) electrons. The highest BCUT2D eigenvalue weighted by atomic mass is 35.5. The number of carbonyl (C=O) groups is 1. The average molecular weight is 527 g/mol. The molecule has 1 heterocycles. The lowest BCUT2D eigenvalue weighted by atomic mass is 10.1. The predicted octanol–water partition coefficient (Wildman–Crippen LogP) is 5.62. The summed E-state index contributed by atoms with van der Waals surface area (Å²) in [4.78, 5) is 13.1. The summed E-state index contributed by atoms with van der Waals surface area (Å²) in [5.41, 5.74) is 3.94. The van der Waals surface area contributed by atoms with Crippen molar-refractivity contribution in [2.45, 2.75) is 25.7 Å². The van der Waals surface area contributed by atoms with Crippen LogP contribution in [0.3, 0.4) is 0 Å². The van der Waals surface area contributed by atoms with Crippen molar-refractivity contribution in [3.8, 4) is 10.6 Å². The summed E-state index contributed by atoms with van der Waals surface area (Å²) < 4.78 is 28.3. The average Bonchev–Trinajstić information content (AvgIpc) is 3.26. The van der Waals surface area contributed by atoms with E-state index in [1.165, 1.54) is 11.3 Å². The van der Waals surface area contributed by atoms with Gasteiger partial charge in [0.05, 0.1) is 10.6 Å². The molecular formula is C25H23ClN4O3S2. The van der Waals surface area contributed by atoms with E-state index in [1.807, 2.05) is 39.0 Å². The first-order chi connectivity index (χ1) is 16.6. The Kier molecular flexibility index (Phi) is 7.20. The number of aryl methyl sites for hydroxylation is 3. The fraction of sp³-hybridized carbons (Fsp3) is 0.160. The highest BCUT2D eigenvalue weighted by Gasteiger charge is 2.28. The van der Waals surface area contributed by atoms with E-state index in [9.17, 15) is 13.2 Å². The van der Waals surface area contributed by atoms with Crippen molar-refractivity contribution in [3.63, 3.8) is 0 Å². The Morgan fingerprint density at radius 2 is 1.54 bits per heavy atom. The maximum atomic E-state index is 13.6. The highest BCUT2D eigenvalue weighted by molar-refractivity contribution is 7.92. The molecule has 0 atom stereocenters. The summed E-state index contributed by atoms with van der Waals surface area (Å²) in [6.07, 6.45) is 0. The number of halogens is 1. The zero-order valence-corrected chi connectivity index (χ0v) is 21.7. The summed E-state index contributed by atoms with van der Waals surface area (Å²) in [5.74, 6) is -0.529. The zero-order valence-electron chi connectivity index (χ0n) is 19.3. The Balaban J connectivity index is 1.61. The maximum absolute atomic E-state index is 13.6. The van der Waals surface area contributed by atoms with Crippen LogP contribution in [0.2, 0.25) is 5.02 Å². The van der Waals surface area contributed by atoms with E-state index < -0.39 is 22.5 Å². The van der Waals surface area contributed by atoms with Gasteiger partial charge >= 0.3 is 0 Å². The number of hydrogen-bond acceptors (Lipinski definition) is 6. The molecule has 0 fully saturated rings. The van der Waals surface area contributed by atoms with Gasteiger partial charge in [-0.05, 0) is 68.3 Å². The Morgan fingerprint density at radius 1 is 0.914 bits per heavy atom. The number of sulfonamides is 1. The van der Waals surface area contributed by atoms with Crippen LogP contribution in [-0.2, 0) is 14.8 Å². The molecule has 1 amide bonds. The number of anilines is 2. The Labute approximate surface area is 213 Å². The summed E-state index contributed by atoms with van der Waals surface area (Å²) in [7, 11) is -4.01. The molecule has 1 aromatic heterocycles. The lowest BCUT2D eigenvalue weighted by molar-refractivity contribution is -0.114. The number of nitrogens with zero attached hydrogens (tertiary/aromatic N) is 3. The fourth-order valence-electron chi connectivity index (χ4n) is 3.52. The van der Waals surface area contributed by atoms with Gasteiger partial charge in [0.1, 0.15) is 11.6 Å². The van der Waals surface area contributed by atoms with Crippen molar-refractivity contribution in [2.75, 3.05) is 16.2 Å². The topological polar surface area (TPSA) is 92.3 Å². The zero-order chi connectivity index (χ0) is 25.2. The van der Waals surface area contributed by atoms with E-state index in [0.29, 0.717) is 15.7 Å². The molecule has 0 saturated heterocycles. The van der Waals surface area contributed by atoms with Crippen LogP contribution < -0.4 is 9.62 Å². The van der Waals surface area contributed by atoms with Gasteiger partial charge in [0, 0.05) is 10.6 Å². The van der Waals surface area contributed by atoms with E-state index in [4.69, 9.17) is 11.6 Å². The molecule has 4 rings (SSSR count). The van der Waals surface area contributed by atoms with Crippen LogP contribution in [0.25, 0.3) is 10.6 Å². The van der Waals surface area contributed by atoms with Crippen molar-refractivity contribution in [3.05, 3.63) is 88.4 Å². The lowest BCUT2D eigenvalue weighted by Crippen LogP contribution is -2.38. The van der Waals surface area contributed by atoms with Gasteiger partial charge in [-0.25, -0.2) is 8.42 Å². The number of benzene rings is 3. The molecular weight excluding hydrogens is 504 g/mol. The quantitative estimate of drug-likeness (QED) is 0.337. The van der Waals surface area contributed by atoms with Crippen molar-refractivity contribution < 1.29 is 13.2 Å². The summed E-state index contributed by atoms with van der Waals surface area (Å²) in [5, 5.41) is 12.3. The fourth-order valence-corrected chi connectivity index (χ4v) is 5.82. The molecule has 10 heteroatoms. The SMILES string of the molecule is Cc1ccc(S(=O)(=O)N(CC(=O)Nc2nnc(-c3ccc(Cl)cc3)s2)c2cc(C)cc(C)c2)cc1. The molecule has 0 bridgehead atoms. The van der Waals surface area contributed by atoms with Crippen LogP contribution in [-0.4, -0.2) is 31.1 Å². The van der Waals surface area contributed by atoms with Gasteiger partial charge in [-0.2, -0.15) is 0 Å². The van der Waals surface area contributed by atoms with Crippen LogP contribution in [0.4, 0.5) is 10.8 Å². The van der Waals surface area contributed by atoms with E-state index in [-0.39, 0.29) is 10.0 Å². The van der Waals surface area contributed by atoms with Crippen LogP contribution in [0, 0.1) is 20.8 Å². The van der Waals surface area contributed by atoms with Gasteiger partial charge in [-0.1, -0.05) is 58.8 Å². The molecule has 0 aliphatic rings. The van der Waals surface area contributed by atoms with Crippen LogP contribution in [0.15, 0.2) is 71.6 Å². The van der Waals surface area contributed by atoms with E-state index >= 15 is 0 Å². The van der Waals surface area contributed by atoms with E-state index in [1.54, 1.807) is 48.5 Å². The molecule has 7 nitrogen and oxygen atoms in total. The Hall–Kier alpha value is -3.27. The van der Waals surface area contributed by atoms with Crippen LogP contribution >= 0.6 is 22.9 Å². The first-order valence-electron chi connectivity index (χ1n) is 10.7. The first-order valence-corrected chi connectivity index (χ1v) is 13.3. The van der Waals surface area contributed by atoms with Gasteiger partial charge in [-0.15, -0.1) is 10.2 Å². The number of hydrogen-bond donors (Lipinski definition) is 1. The van der Waals surface area contributed by atoms with Gasteiger partial charge in [-0.3, -0.25) is 14.4 Å². The summed E-state index contributed by atoms with van der Waals surface area (Å²) in [6, 6.07) is 19.1. The molecule has 1 N–H and O–H groups in total. The first kappa shape index (κ1) is 24.8. The lowest BCUT2D eigenvalue weighted by Gasteiger charge is -2.24. The Morgan fingerprint density at radius 3 is 2.17 bits per heavy atom. The standard InChI is InChI=1S/C25H23ClN4O3S2/c1-16-4-10-22(11-5-16)35(32,33)30(21-13-17(2)12-18(3)14-21)15-23(31)27-25-29-28-24(34-25)19-6-8-20(26)9-7-19/h4-14H,15H2,1-3H3,(H,27,29,31). The molecule has 0 spiro atoms. The number of aromatic nitrogens is 2. The van der Waals surface area contributed by atoms with Crippen molar-refractivity contribution in [1.29, 1.82) is 0 Å². The Bertz CT molecular complexity index is 1450. The predicted molar refractivity (Wildman–Crippen MR) is 141 cm³/mol. The molecule has 4 aromatic rings. The molecule has 0 aliphatic carbocycles. The second kappa shape index (κ2) is 10.2. The number of carbonyl (C=O) groups excluding carboxylic acids is 1. The third kappa shape index (κ3) is 5.87. The van der Waals surface area contributed by atoms with Gasteiger partial charge in [0.2, 0.25) is 11.0 Å². The number of amides is 1. The van der Waals surface area contributed by atoms with Crippen molar-refractivity contribution in [2.24, 2.45) is 0 Å². The van der Waals surface area contributed by atoms with Gasteiger partial charge in [0.15, 0.2) is 0 Å². The monoisotopic (exact) mass is 526 g/mol. The molecule has 180 valence electrons. The number of nitrogens with one attached hydrogen (secondary N) is 1. The number of rotatable bonds is 7. The minimum atomic E-state index is -4.01. The minimum absolute atomic E-state index is 0.107. The normalized spacial score (nSPS) is 11.3. The van der Waals surface area contributed by atoms with E-state index in [2.05, 4.69) is 15.5 Å². The second-order valence-corrected chi connectivity index (χ2v) is 11.4. The molecule has 3 aromatic carbocycles. The third-order valence-corrected chi connectivity index (χ3v) is 8.08. The highest BCUT2D eigenvalue weighted by Crippen LogP contribution is 2.29. The molecule has 35 heavy (non-hydrogen) atoms. The maximum Gasteiger partial charge on any atom is 0.264 e. The third-order valence-electron chi connectivity index (χ3n) is 5.15. The minimum Gasteiger partial charge on any atom is -0.299 e. The van der Waals surface area contributed by atoms with E-state index in [0.717, 1.165) is 26.6 Å². The van der Waals surface area contributed by atoms with Crippen molar-refractivity contribution in [1.82, 2.24) is 10.2 Å². The molecule has 0 saturated carbocycles.